The van der Waals surface area contributed by atoms with E-state index < -0.39 is 58.8 Å². The fraction of sp³-hybridized carbons (Fsp3) is 0.306. The Kier molecular flexibility index (Phi) is 11.0. The van der Waals surface area contributed by atoms with E-state index in [2.05, 4.69) is 31.2 Å². The number of amides is 3. The first-order valence-electron chi connectivity index (χ1n) is 16.3. The second-order valence-corrected chi connectivity index (χ2v) is 12.2. The molecule has 1 aromatic heterocycles. The Balaban J connectivity index is 1.70. The van der Waals surface area contributed by atoms with Gasteiger partial charge in [-0.1, -0.05) is 31.2 Å². The summed E-state index contributed by atoms with van der Waals surface area (Å²) in [6, 6.07) is 10.0. The van der Waals surface area contributed by atoms with Crippen LogP contribution in [0.2, 0.25) is 0 Å². The van der Waals surface area contributed by atoms with Gasteiger partial charge in [0.1, 0.15) is 17.3 Å². The number of anilines is 4. The summed E-state index contributed by atoms with van der Waals surface area (Å²) in [5.74, 6) is -6.90. The van der Waals surface area contributed by atoms with Gasteiger partial charge in [-0.15, -0.1) is 0 Å². The minimum absolute atomic E-state index is 0.00658. The second kappa shape index (κ2) is 15.2. The molecule has 0 spiro atoms. The molecule has 274 valence electrons. The number of aromatic nitrogens is 2. The first kappa shape index (κ1) is 37.5. The number of urea groups is 1. The Morgan fingerprint density at radius 1 is 0.962 bits per heavy atom. The number of rotatable bonds is 11. The quantitative estimate of drug-likeness (QED) is 0.0557. The molecule has 4 N–H and O–H groups in total. The van der Waals surface area contributed by atoms with Crippen molar-refractivity contribution in [1.82, 2.24) is 20.6 Å². The number of nitrogens with zero attached hydrogens (tertiary/aromatic N) is 3. The molecule has 0 radical (unpaired) electrons. The minimum Gasteiger partial charge on any atom is -0.418 e. The molecule has 2 heterocycles. The number of aryl methyl sites for hydroxylation is 2. The van der Waals surface area contributed by atoms with Crippen molar-refractivity contribution < 1.29 is 41.1 Å². The summed E-state index contributed by atoms with van der Waals surface area (Å²) >= 11 is 0. The fourth-order valence-corrected chi connectivity index (χ4v) is 5.81. The van der Waals surface area contributed by atoms with E-state index in [0.29, 0.717) is 11.4 Å². The summed E-state index contributed by atoms with van der Waals surface area (Å²) in [4.78, 5) is 48.6. The Morgan fingerprint density at radius 3 is 2.29 bits per heavy atom. The fourth-order valence-electron chi connectivity index (χ4n) is 5.81. The van der Waals surface area contributed by atoms with Gasteiger partial charge in [-0.2, -0.15) is 18.2 Å². The molecule has 1 aliphatic heterocycles. The number of esters is 1. The van der Waals surface area contributed by atoms with Crippen molar-refractivity contribution in [3.8, 4) is 17.0 Å². The van der Waals surface area contributed by atoms with Gasteiger partial charge in [-0.3, -0.25) is 4.79 Å². The molecule has 0 saturated heterocycles. The molecule has 0 fully saturated rings. The van der Waals surface area contributed by atoms with Crippen LogP contribution in [-0.2, 0) is 17.8 Å². The van der Waals surface area contributed by atoms with Crippen molar-refractivity contribution in [2.75, 3.05) is 28.6 Å². The predicted molar refractivity (Wildman–Crippen MR) is 185 cm³/mol. The predicted octanol–water partition coefficient (Wildman–Crippen LogP) is 7.09. The van der Waals surface area contributed by atoms with E-state index in [0.717, 1.165) is 41.4 Å². The highest BCUT2D eigenvalue weighted by Gasteiger charge is 2.43. The number of para-hydroxylation sites is 1. The number of fused-ring (bicyclic) bond motifs is 1. The van der Waals surface area contributed by atoms with Crippen molar-refractivity contribution in [3.63, 3.8) is 0 Å². The largest absolute Gasteiger partial charge is 0.491 e. The SMILES string of the molecule is CCc1c(C)cccc1NCCNc1nc(-c2c(C)ccc(C(=O)NC(C)C)c2OC(=O)C(F)(F)F)c2c(n1)N(c1c(F)cccc1F)C(=O)NC2. The highest BCUT2D eigenvalue weighted by atomic mass is 19.4. The highest BCUT2D eigenvalue weighted by molar-refractivity contribution is 6.04. The number of halogens is 5. The number of hydrogen-bond acceptors (Lipinski definition) is 8. The van der Waals surface area contributed by atoms with Crippen LogP contribution in [0.5, 0.6) is 5.75 Å². The summed E-state index contributed by atoms with van der Waals surface area (Å²) < 4.78 is 76.3. The van der Waals surface area contributed by atoms with Crippen LogP contribution >= 0.6 is 0 Å². The molecular weight excluding hydrogens is 689 g/mol. The minimum atomic E-state index is -5.44. The Morgan fingerprint density at radius 2 is 1.63 bits per heavy atom. The first-order valence-corrected chi connectivity index (χ1v) is 16.3. The van der Waals surface area contributed by atoms with Crippen molar-refractivity contribution >= 4 is 41.0 Å². The molecule has 0 bridgehead atoms. The van der Waals surface area contributed by atoms with Crippen LogP contribution in [0.3, 0.4) is 0 Å². The van der Waals surface area contributed by atoms with Crippen molar-refractivity contribution in [2.45, 2.75) is 59.8 Å². The lowest BCUT2D eigenvalue weighted by molar-refractivity contribution is -0.189. The van der Waals surface area contributed by atoms with E-state index in [1.807, 2.05) is 32.0 Å². The van der Waals surface area contributed by atoms with E-state index in [-0.39, 0.29) is 47.2 Å². The third-order valence-corrected chi connectivity index (χ3v) is 8.16. The van der Waals surface area contributed by atoms with Gasteiger partial charge in [-0.05, 0) is 75.1 Å². The van der Waals surface area contributed by atoms with Gasteiger partial charge in [0.15, 0.2) is 11.6 Å². The average Bonchev–Trinajstić information content (AvgIpc) is 3.06. The highest BCUT2D eigenvalue weighted by Crippen LogP contribution is 2.43. The van der Waals surface area contributed by atoms with Crippen LogP contribution in [0.15, 0.2) is 48.5 Å². The molecular formula is C36H36F5N7O4. The smallest absolute Gasteiger partial charge is 0.418 e. The summed E-state index contributed by atoms with van der Waals surface area (Å²) in [5, 5.41) is 11.4. The third-order valence-electron chi connectivity index (χ3n) is 8.16. The number of hydrogen-bond donors (Lipinski definition) is 4. The number of benzene rings is 3. The van der Waals surface area contributed by atoms with Gasteiger partial charge in [0.05, 0.1) is 17.8 Å². The topological polar surface area (TPSA) is 138 Å². The lowest BCUT2D eigenvalue weighted by atomic mass is 9.95. The number of carbonyl (C=O) groups is 3. The Bertz CT molecular complexity index is 2020. The molecule has 11 nitrogen and oxygen atoms in total. The van der Waals surface area contributed by atoms with Crippen LogP contribution in [0, 0.1) is 25.5 Å². The zero-order valence-electron chi connectivity index (χ0n) is 28.9. The van der Waals surface area contributed by atoms with Gasteiger partial charge >= 0.3 is 18.2 Å². The van der Waals surface area contributed by atoms with E-state index >= 15 is 8.78 Å². The van der Waals surface area contributed by atoms with Gasteiger partial charge < -0.3 is 26.0 Å². The molecule has 0 aliphatic carbocycles. The van der Waals surface area contributed by atoms with Crippen LogP contribution in [0.25, 0.3) is 11.3 Å². The van der Waals surface area contributed by atoms with E-state index in [1.165, 1.54) is 19.1 Å². The maximum Gasteiger partial charge on any atom is 0.491 e. The monoisotopic (exact) mass is 725 g/mol. The Hall–Kier alpha value is -5.80. The zero-order valence-corrected chi connectivity index (χ0v) is 28.9. The van der Waals surface area contributed by atoms with Crippen LogP contribution in [0.4, 0.5) is 49.9 Å². The molecule has 3 amide bonds. The first-order chi connectivity index (χ1) is 24.6. The van der Waals surface area contributed by atoms with Crippen LogP contribution in [0.1, 0.15) is 53.4 Å². The zero-order chi connectivity index (χ0) is 37.9. The maximum absolute atomic E-state index is 15.2. The molecule has 52 heavy (non-hydrogen) atoms. The van der Waals surface area contributed by atoms with Gasteiger partial charge in [0.2, 0.25) is 5.95 Å². The van der Waals surface area contributed by atoms with Gasteiger partial charge in [-0.25, -0.2) is 28.3 Å². The molecule has 16 heteroatoms. The Labute approximate surface area is 296 Å². The van der Waals surface area contributed by atoms with E-state index in [4.69, 9.17) is 4.74 Å². The third kappa shape index (κ3) is 7.75. The second-order valence-electron chi connectivity index (χ2n) is 12.2. The number of nitrogens with one attached hydrogen (secondary N) is 4. The molecule has 1 aliphatic rings. The summed E-state index contributed by atoms with van der Waals surface area (Å²) in [5.41, 5.74) is 1.76. The summed E-state index contributed by atoms with van der Waals surface area (Å²) in [6.45, 7) is 8.91. The van der Waals surface area contributed by atoms with E-state index in [9.17, 15) is 27.6 Å². The lowest BCUT2D eigenvalue weighted by Gasteiger charge is -2.31. The standard InChI is InChI=1S/C36H36F5N7O4/c1-6-21-19(4)9-7-12-26(21)42-15-16-43-34-46-28(23-17-44-35(51)48(31(23)47-34)29-24(37)10-8-11-25(29)38)27-20(5)13-14-22(32(49)45-18(2)3)30(27)52-33(50)36(39,40)41/h7-14,18,42H,6,15-17H2,1-5H3,(H,44,51)(H,45,49)(H,43,46,47). The van der Waals surface area contributed by atoms with Crippen LogP contribution in [-0.4, -0.2) is 53.2 Å². The summed E-state index contributed by atoms with van der Waals surface area (Å²) in [7, 11) is 0. The average molecular weight is 726 g/mol. The molecule has 3 aromatic carbocycles. The molecule has 4 aromatic rings. The summed E-state index contributed by atoms with van der Waals surface area (Å²) in [6.07, 6.45) is -4.67. The van der Waals surface area contributed by atoms with Crippen molar-refractivity contribution in [3.05, 3.63) is 88.0 Å². The normalized spacial score (nSPS) is 12.7. The number of ether oxygens (including phenoxy) is 1. The molecule has 0 saturated carbocycles. The lowest BCUT2D eigenvalue weighted by Crippen LogP contribution is -2.43. The molecule has 5 rings (SSSR count). The van der Waals surface area contributed by atoms with Crippen molar-refractivity contribution in [2.24, 2.45) is 0 Å². The molecule has 0 unspecified atom stereocenters. The number of carbonyl (C=O) groups excluding carboxylic acids is 3. The maximum atomic E-state index is 15.2. The van der Waals surface area contributed by atoms with Crippen molar-refractivity contribution in [1.29, 1.82) is 0 Å². The van der Waals surface area contributed by atoms with Gasteiger partial charge in [0, 0.05) is 35.9 Å². The number of alkyl halides is 3. The van der Waals surface area contributed by atoms with Crippen LogP contribution < -0.4 is 30.9 Å². The van der Waals surface area contributed by atoms with E-state index in [1.54, 1.807) is 13.8 Å². The van der Waals surface area contributed by atoms with Gasteiger partial charge in [0.25, 0.3) is 5.91 Å². The molecule has 0 atom stereocenters.